The molecule has 1 aliphatic heterocycles. The summed E-state index contributed by atoms with van der Waals surface area (Å²) in [6.07, 6.45) is 3.18. The Morgan fingerprint density at radius 1 is 1.41 bits per heavy atom. The summed E-state index contributed by atoms with van der Waals surface area (Å²) in [7, 11) is 0. The number of nitrogen functional groups attached to an aromatic ring is 1. The number of rotatable bonds is 4. The van der Waals surface area contributed by atoms with Crippen molar-refractivity contribution in [3.05, 3.63) is 28.7 Å². The molecular formula is C15H19ClN4O2. The number of fused-ring (bicyclic) bond motifs is 1. The number of nitrogens with zero attached hydrogens (tertiary/aromatic N) is 2. The van der Waals surface area contributed by atoms with Crippen molar-refractivity contribution in [1.82, 2.24) is 14.4 Å². The molecule has 1 saturated heterocycles. The molecule has 118 valence electrons. The number of benzene rings is 1. The van der Waals surface area contributed by atoms with Crippen molar-refractivity contribution in [3.8, 4) is 5.75 Å². The largest absolute Gasteiger partial charge is 0.493 e. The first-order valence-electron chi connectivity index (χ1n) is 7.45. The molecule has 0 aliphatic carbocycles. The first kappa shape index (κ1) is 15.1. The zero-order valence-corrected chi connectivity index (χ0v) is 13.0. The van der Waals surface area contributed by atoms with Gasteiger partial charge in [0, 0.05) is 13.1 Å². The number of nitrogens with two attached hydrogens (primary N) is 1. The second-order valence-electron chi connectivity index (χ2n) is 5.60. The van der Waals surface area contributed by atoms with Crippen LogP contribution in [-0.4, -0.2) is 34.1 Å². The smallest absolute Gasteiger partial charge is 0.347 e. The van der Waals surface area contributed by atoms with Crippen molar-refractivity contribution in [1.29, 1.82) is 0 Å². The van der Waals surface area contributed by atoms with Gasteiger partial charge in [0.25, 0.3) is 0 Å². The first-order chi connectivity index (χ1) is 10.6. The minimum absolute atomic E-state index is 0.199. The molecule has 3 rings (SSSR count). The van der Waals surface area contributed by atoms with Crippen molar-refractivity contribution < 1.29 is 4.74 Å². The minimum Gasteiger partial charge on any atom is -0.493 e. The summed E-state index contributed by atoms with van der Waals surface area (Å²) in [4.78, 5) is 17.8. The fourth-order valence-electron chi connectivity index (χ4n) is 2.85. The van der Waals surface area contributed by atoms with E-state index in [4.69, 9.17) is 22.2 Å². The lowest BCUT2D eigenvalue weighted by Gasteiger charge is -2.26. The lowest BCUT2D eigenvalue weighted by molar-refractivity contribution is 0.223. The molecule has 1 fully saturated rings. The number of aromatic nitrogens is 2. The summed E-state index contributed by atoms with van der Waals surface area (Å²) < 4.78 is 7.72. The van der Waals surface area contributed by atoms with Gasteiger partial charge < -0.3 is 15.5 Å². The van der Waals surface area contributed by atoms with E-state index in [0.29, 0.717) is 29.2 Å². The zero-order chi connectivity index (χ0) is 15.5. The normalized spacial score (nSPS) is 17.0. The van der Waals surface area contributed by atoms with Gasteiger partial charge in [-0.25, -0.2) is 9.21 Å². The minimum atomic E-state index is -0.449. The molecule has 1 aromatic heterocycles. The van der Waals surface area contributed by atoms with Gasteiger partial charge in [-0.15, -0.1) is 0 Å². The number of nitrogens with one attached hydrogen (secondary N) is 1. The number of hydrogen-bond donors (Lipinski definition) is 2. The molecule has 22 heavy (non-hydrogen) atoms. The molecule has 1 aromatic carbocycles. The van der Waals surface area contributed by atoms with Crippen molar-refractivity contribution >= 4 is 28.5 Å². The molecule has 6 nitrogen and oxygen atoms in total. The fraction of sp³-hybridized carbons (Fsp3) is 0.467. The Labute approximate surface area is 133 Å². The summed E-state index contributed by atoms with van der Waals surface area (Å²) >= 11 is 5.96. The van der Waals surface area contributed by atoms with E-state index >= 15 is 0 Å². The van der Waals surface area contributed by atoms with Gasteiger partial charge in [0.15, 0.2) is 0 Å². The highest BCUT2D eigenvalue weighted by Crippen LogP contribution is 2.28. The van der Waals surface area contributed by atoms with E-state index in [1.54, 1.807) is 6.07 Å². The van der Waals surface area contributed by atoms with Crippen molar-refractivity contribution in [2.45, 2.75) is 19.3 Å². The number of halogens is 1. The zero-order valence-electron chi connectivity index (χ0n) is 12.2. The Kier molecular flexibility index (Phi) is 4.49. The average molecular weight is 323 g/mol. The fourth-order valence-corrected chi connectivity index (χ4v) is 3.05. The van der Waals surface area contributed by atoms with Crippen LogP contribution in [0.2, 0.25) is 0 Å². The van der Waals surface area contributed by atoms with E-state index in [1.807, 2.05) is 16.6 Å². The predicted octanol–water partition coefficient (Wildman–Crippen LogP) is 2.14. The van der Waals surface area contributed by atoms with Crippen LogP contribution in [0.25, 0.3) is 10.9 Å². The van der Waals surface area contributed by atoms with Crippen LogP contribution in [0.4, 0.5) is 5.82 Å². The molecule has 1 aliphatic rings. The number of aromatic amines is 1. The third-order valence-electron chi connectivity index (χ3n) is 4.09. The van der Waals surface area contributed by atoms with Crippen LogP contribution in [-0.2, 0) is 0 Å². The Morgan fingerprint density at radius 2 is 2.18 bits per heavy atom. The third-order valence-corrected chi connectivity index (χ3v) is 4.43. The van der Waals surface area contributed by atoms with Crippen LogP contribution in [0.5, 0.6) is 5.75 Å². The summed E-state index contributed by atoms with van der Waals surface area (Å²) in [6.45, 7) is 2.47. The molecule has 0 bridgehead atoms. The van der Waals surface area contributed by atoms with Crippen LogP contribution in [0.15, 0.2) is 23.0 Å². The maximum absolute atomic E-state index is 11.4. The molecule has 2 aromatic rings. The molecule has 0 unspecified atom stereocenters. The van der Waals surface area contributed by atoms with Crippen molar-refractivity contribution in [2.24, 2.45) is 5.92 Å². The monoisotopic (exact) mass is 322 g/mol. The van der Waals surface area contributed by atoms with Gasteiger partial charge in [-0.1, -0.05) is 6.07 Å². The summed E-state index contributed by atoms with van der Waals surface area (Å²) in [5.41, 5.74) is 6.05. The molecule has 0 spiro atoms. The van der Waals surface area contributed by atoms with Crippen molar-refractivity contribution in [2.75, 3.05) is 25.4 Å². The topological polar surface area (TPSA) is 84.2 Å². The molecule has 0 saturated carbocycles. The average Bonchev–Trinajstić information content (AvgIpc) is 2.49. The SMILES string of the molecule is Nc1nc(=O)[nH]c2cccc(OCCC3CCN(Cl)CC3)c12. The molecule has 3 N–H and O–H groups in total. The van der Waals surface area contributed by atoms with E-state index < -0.39 is 5.69 Å². The predicted molar refractivity (Wildman–Crippen MR) is 87.0 cm³/mol. The van der Waals surface area contributed by atoms with Crippen LogP contribution in [0.3, 0.4) is 0 Å². The van der Waals surface area contributed by atoms with Gasteiger partial charge in [-0.2, -0.15) is 4.98 Å². The molecule has 0 amide bonds. The Morgan fingerprint density at radius 3 is 2.95 bits per heavy atom. The summed E-state index contributed by atoms with van der Waals surface area (Å²) in [5, 5.41) is 0.665. The van der Waals surface area contributed by atoms with E-state index in [-0.39, 0.29) is 5.82 Å². The Bertz CT molecular complexity index is 710. The second-order valence-corrected chi connectivity index (χ2v) is 6.07. The Hall–Kier alpha value is -1.79. The van der Waals surface area contributed by atoms with E-state index in [2.05, 4.69) is 9.97 Å². The maximum Gasteiger partial charge on any atom is 0.347 e. The van der Waals surface area contributed by atoms with Crippen LogP contribution < -0.4 is 16.2 Å². The summed E-state index contributed by atoms with van der Waals surface area (Å²) in [5.74, 6) is 1.50. The lowest BCUT2D eigenvalue weighted by Crippen LogP contribution is -2.27. The number of hydrogen-bond acceptors (Lipinski definition) is 5. The van der Waals surface area contributed by atoms with Gasteiger partial charge in [0.05, 0.1) is 17.5 Å². The van der Waals surface area contributed by atoms with Crippen LogP contribution in [0, 0.1) is 5.92 Å². The summed E-state index contributed by atoms with van der Waals surface area (Å²) in [6, 6.07) is 5.47. The van der Waals surface area contributed by atoms with Gasteiger partial charge >= 0.3 is 5.69 Å². The Balaban J connectivity index is 1.68. The van der Waals surface area contributed by atoms with Crippen molar-refractivity contribution in [3.63, 3.8) is 0 Å². The van der Waals surface area contributed by atoms with Gasteiger partial charge in [0.1, 0.15) is 11.6 Å². The quantitative estimate of drug-likeness (QED) is 0.842. The van der Waals surface area contributed by atoms with E-state index in [0.717, 1.165) is 32.4 Å². The first-order valence-corrected chi connectivity index (χ1v) is 7.79. The number of anilines is 1. The van der Waals surface area contributed by atoms with E-state index in [1.165, 1.54) is 0 Å². The van der Waals surface area contributed by atoms with Crippen LogP contribution in [0.1, 0.15) is 19.3 Å². The lowest BCUT2D eigenvalue weighted by atomic mass is 9.95. The van der Waals surface area contributed by atoms with Crippen LogP contribution >= 0.6 is 11.8 Å². The standard InChI is InChI=1S/C15H19ClN4O2/c16-20-7-4-10(5-8-20)6-9-22-12-3-1-2-11-13(12)14(17)19-15(21)18-11/h1-3,10H,4-9H2,(H3,17,18,19,21). The van der Waals surface area contributed by atoms with E-state index in [9.17, 15) is 4.79 Å². The number of piperidine rings is 1. The molecular weight excluding hydrogens is 304 g/mol. The second kappa shape index (κ2) is 6.54. The molecule has 0 atom stereocenters. The number of ether oxygens (including phenoxy) is 1. The molecule has 2 heterocycles. The highest BCUT2D eigenvalue weighted by Gasteiger charge is 2.18. The van der Waals surface area contributed by atoms with Gasteiger partial charge in [0.2, 0.25) is 0 Å². The van der Waals surface area contributed by atoms with Gasteiger partial charge in [-0.3, -0.25) is 0 Å². The van der Waals surface area contributed by atoms with Gasteiger partial charge in [-0.05, 0) is 49.1 Å². The molecule has 7 heteroatoms. The number of H-pyrrole nitrogens is 1. The third kappa shape index (κ3) is 3.34. The maximum atomic E-state index is 11.4. The molecule has 0 radical (unpaired) electrons. The highest BCUT2D eigenvalue weighted by atomic mass is 35.5. The highest BCUT2D eigenvalue weighted by molar-refractivity contribution is 6.13.